The van der Waals surface area contributed by atoms with E-state index >= 15 is 0 Å². The average molecular weight is 453 g/mol. The van der Waals surface area contributed by atoms with Crippen molar-refractivity contribution in [2.75, 3.05) is 18.4 Å². The molecule has 2 aromatic carbocycles. The molecule has 0 bridgehead atoms. The van der Waals surface area contributed by atoms with Crippen LogP contribution in [0.3, 0.4) is 0 Å². The van der Waals surface area contributed by atoms with E-state index < -0.39 is 74.2 Å². The number of hydrogen-bond donors (Lipinski definition) is 2. The van der Waals surface area contributed by atoms with Crippen molar-refractivity contribution >= 4 is 33.2 Å². The van der Waals surface area contributed by atoms with E-state index in [-0.39, 0.29) is 5.69 Å². The largest absolute Gasteiger partial charge is 0.389 e. The SMILES string of the molecule is O=C(Nc1ccc(F)c(F)c1)c1cc(S(=O)(=O)N2CC(O)C(F)C2)c(F)cc1Cl. The Morgan fingerprint density at radius 2 is 1.79 bits per heavy atom. The Labute approximate surface area is 167 Å². The van der Waals surface area contributed by atoms with E-state index in [1.807, 2.05) is 0 Å². The number of hydrogen-bond acceptors (Lipinski definition) is 4. The smallest absolute Gasteiger partial charge is 0.257 e. The molecule has 0 aliphatic carbocycles. The van der Waals surface area contributed by atoms with Crippen LogP contribution in [0.25, 0.3) is 0 Å². The lowest BCUT2D eigenvalue weighted by atomic mass is 10.2. The number of benzene rings is 2. The molecular formula is C17H13ClF4N2O4S. The third kappa shape index (κ3) is 4.22. The Kier molecular flexibility index (Phi) is 5.86. The fraction of sp³-hybridized carbons (Fsp3) is 0.235. The van der Waals surface area contributed by atoms with Crippen molar-refractivity contribution < 1.29 is 35.9 Å². The number of nitrogens with zero attached hydrogens (tertiary/aromatic N) is 1. The summed E-state index contributed by atoms with van der Waals surface area (Å²) in [6, 6.07) is 3.75. The van der Waals surface area contributed by atoms with Crippen LogP contribution in [0.5, 0.6) is 0 Å². The molecule has 6 nitrogen and oxygen atoms in total. The fourth-order valence-corrected chi connectivity index (χ4v) is 4.50. The van der Waals surface area contributed by atoms with Crippen LogP contribution in [0.1, 0.15) is 10.4 Å². The molecule has 3 rings (SSSR count). The summed E-state index contributed by atoms with van der Waals surface area (Å²) in [5.74, 6) is -4.67. The second-order valence-corrected chi connectivity index (χ2v) is 8.56. The van der Waals surface area contributed by atoms with Crippen molar-refractivity contribution in [3.8, 4) is 0 Å². The topological polar surface area (TPSA) is 86.7 Å². The van der Waals surface area contributed by atoms with Crippen LogP contribution in [-0.2, 0) is 10.0 Å². The Hall–Kier alpha value is -2.21. The highest BCUT2D eigenvalue weighted by Gasteiger charge is 2.40. The number of rotatable bonds is 4. The molecular weight excluding hydrogens is 440 g/mol. The molecule has 1 saturated heterocycles. The number of alkyl halides is 1. The minimum absolute atomic E-state index is 0.151. The van der Waals surface area contributed by atoms with Crippen LogP contribution < -0.4 is 5.32 Å². The number of carbonyl (C=O) groups excluding carboxylic acids is 1. The first-order chi connectivity index (χ1) is 13.5. The van der Waals surface area contributed by atoms with E-state index in [4.69, 9.17) is 11.6 Å². The minimum atomic E-state index is -4.58. The van der Waals surface area contributed by atoms with Gasteiger partial charge in [-0.15, -0.1) is 0 Å². The van der Waals surface area contributed by atoms with Crippen LogP contribution in [0, 0.1) is 17.5 Å². The fourth-order valence-electron chi connectivity index (χ4n) is 2.72. The summed E-state index contributed by atoms with van der Waals surface area (Å²) in [6.45, 7) is -1.26. The van der Waals surface area contributed by atoms with Gasteiger partial charge in [-0.1, -0.05) is 11.6 Å². The Bertz CT molecular complexity index is 1070. The van der Waals surface area contributed by atoms with E-state index in [1.54, 1.807) is 0 Å². The summed E-state index contributed by atoms with van der Waals surface area (Å²) in [6.07, 6.45) is -3.40. The number of aliphatic hydroxyl groups excluding tert-OH is 1. The molecule has 1 aliphatic rings. The van der Waals surface area contributed by atoms with Crippen LogP contribution in [0.4, 0.5) is 23.2 Å². The first-order valence-electron chi connectivity index (χ1n) is 8.08. The van der Waals surface area contributed by atoms with Gasteiger partial charge in [0, 0.05) is 24.8 Å². The van der Waals surface area contributed by atoms with Crippen molar-refractivity contribution in [3.05, 3.63) is 58.4 Å². The number of anilines is 1. The molecule has 2 aromatic rings. The van der Waals surface area contributed by atoms with Gasteiger partial charge in [0.1, 0.15) is 23.0 Å². The number of amides is 1. The molecule has 0 radical (unpaired) electrons. The van der Waals surface area contributed by atoms with Gasteiger partial charge in [0.05, 0.1) is 10.6 Å². The lowest BCUT2D eigenvalue weighted by Crippen LogP contribution is -2.31. The van der Waals surface area contributed by atoms with Gasteiger partial charge in [0.2, 0.25) is 10.0 Å². The summed E-state index contributed by atoms with van der Waals surface area (Å²) in [7, 11) is -4.58. The zero-order valence-corrected chi connectivity index (χ0v) is 15.9. The van der Waals surface area contributed by atoms with Gasteiger partial charge in [-0.25, -0.2) is 26.0 Å². The highest BCUT2D eigenvalue weighted by molar-refractivity contribution is 7.89. The summed E-state index contributed by atoms with van der Waals surface area (Å²) >= 11 is 5.83. The molecule has 1 aliphatic heterocycles. The van der Waals surface area contributed by atoms with Gasteiger partial charge in [0.15, 0.2) is 11.6 Å². The van der Waals surface area contributed by atoms with Crippen molar-refractivity contribution in [3.63, 3.8) is 0 Å². The summed E-state index contributed by atoms with van der Waals surface area (Å²) < 4.78 is 79.8. The summed E-state index contributed by atoms with van der Waals surface area (Å²) in [5, 5.41) is 11.2. The molecule has 1 amide bonds. The quantitative estimate of drug-likeness (QED) is 0.698. The van der Waals surface area contributed by atoms with Gasteiger partial charge in [-0.2, -0.15) is 4.31 Å². The number of carbonyl (C=O) groups is 1. The van der Waals surface area contributed by atoms with Crippen molar-refractivity contribution in [1.82, 2.24) is 4.31 Å². The first-order valence-corrected chi connectivity index (χ1v) is 9.90. The van der Waals surface area contributed by atoms with E-state index in [0.29, 0.717) is 22.5 Å². The predicted molar refractivity (Wildman–Crippen MR) is 95.4 cm³/mol. The summed E-state index contributed by atoms with van der Waals surface area (Å²) in [5.41, 5.74) is -0.616. The maximum atomic E-state index is 14.3. The van der Waals surface area contributed by atoms with Gasteiger partial charge in [-0.3, -0.25) is 4.79 Å². The lowest BCUT2D eigenvalue weighted by Gasteiger charge is -2.17. The second kappa shape index (κ2) is 7.90. The molecule has 29 heavy (non-hydrogen) atoms. The van der Waals surface area contributed by atoms with E-state index in [9.17, 15) is 35.9 Å². The zero-order chi connectivity index (χ0) is 21.5. The Morgan fingerprint density at radius 1 is 1.10 bits per heavy atom. The van der Waals surface area contributed by atoms with Crippen LogP contribution >= 0.6 is 11.6 Å². The number of halogens is 5. The molecule has 1 fully saturated rings. The predicted octanol–water partition coefficient (Wildman–Crippen LogP) is 2.71. The van der Waals surface area contributed by atoms with E-state index in [2.05, 4.69) is 5.32 Å². The maximum Gasteiger partial charge on any atom is 0.257 e. The molecule has 0 saturated carbocycles. The van der Waals surface area contributed by atoms with Gasteiger partial charge >= 0.3 is 0 Å². The van der Waals surface area contributed by atoms with Gasteiger partial charge in [0.25, 0.3) is 5.91 Å². The Balaban J connectivity index is 1.95. The highest BCUT2D eigenvalue weighted by atomic mass is 35.5. The number of β-amino-alcohol motifs (C(OH)–C–C–N with tert-alkyl or cyclic N) is 1. The van der Waals surface area contributed by atoms with E-state index in [0.717, 1.165) is 12.1 Å². The van der Waals surface area contributed by atoms with Crippen molar-refractivity contribution in [2.45, 2.75) is 17.2 Å². The van der Waals surface area contributed by atoms with Crippen LogP contribution in [0.2, 0.25) is 5.02 Å². The van der Waals surface area contributed by atoms with Crippen LogP contribution in [-0.4, -0.2) is 49.1 Å². The Morgan fingerprint density at radius 3 is 2.38 bits per heavy atom. The van der Waals surface area contributed by atoms with Gasteiger partial charge < -0.3 is 10.4 Å². The average Bonchev–Trinajstić information content (AvgIpc) is 2.97. The summed E-state index contributed by atoms with van der Waals surface area (Å²) in [4.78, 5) is 11.5. The normalized spacial score (nSPS) is 20.1. The zero-order valence-electron chi connectivity index (χ0n) is 14.4. The van der Waals surface area contributed by atoms with Crippen molar-refractivity contribution in [2.24, 2.45) is 0 Å². The molecule has 2 N–H and O–H groups in total. The van der Waals surface area contributed by atoms with E-state index in [1.165, 1.54) is 0 Å². The molecule has 156 valence electrons. The minimum Gasteiger partial charge on any atom is -0.389 e. The maximum absolute atomic E-state index is 14.3. The number of nitrogens with one attached hydrogen (secondary N) is 1. The van der Waals surface area contributed by atoms with Crippen molar-refractivity contribution in [1.29, 1.82) is 0 Å². The standard InChI is InChI=1S/C17H13ClF4N2O4S/c18-10-5-13(21)16(29(27,28)24-6-14(22)15(25)7-24)4-9(10)17(26)23-8-1-2-11(19)12(20)3-8/h1-5,14-15,25H,6-7H2,(H,23,26). The molecule has 0 aromatic heterocycles. The molecule has 1 heterocycles. The lowest BCUT2D eigenvalue weighted by molar-refractivity contribution is 0.102. The highest BCUT2D eigenvalue weighted by Crippen LogP contribution is 2.29. The monoisotopic (exact) mass is 452 g/mol. The third-order valence-electron chi connectivity index (χ3n) is 4.25. The second-order valence-electron chi connectivity index (χ2n) is 6.25. The molecule has 2 unspecified atom stereocenters. The first kappa shape index (κ1) is 21.5. The van der Waals surface area contributed by atoms with Crippen LogP contribution in [0.15, 0.2) is 35.2 Å². The third-order valence-corrected chi connectivity index (χ3v) is 6.41. The van der Waals surface area contributed by atoms with Gasteiger partial charge in [-0.05, 0) is 24.3 Å². The molecule has 2 atom stereocenters. The molecule has 0 spiro atoms. The number of sulfonamides is 1. The molecule has 12 heteroatoms. The number of aliphatic hydroxyl groups is 1.